The van der Waals surface area contributed by atoms with Crippen LogP contribution in [0.25, 0.3) is 11.6 Å². The van der Waals surface area contributed by atoms with Gasteiger partial charge in [0.05, 0.1) is 0 Å². The van der Waals surface area contributed by atoms with Crippen molar-refractivity contribution in [2.24, 2.45) is 0 Å². The molecule has 2 heterocycles. The van der Waals surface area contributed by atoms with Crippen LogP contribution in [-0.2, 0) is 0 Å². The zero-order valence-electron chi connectivity index (χ0n) is 6.86. The molecule has 0 fully saturated rings. The molecule has 0 aliphatic rings. The van der Waals surface area contributed by atoms with Crippen molar-refractivity contribution in [2.75, 3.05) is 0 Å². The number of aromatic nitrogens is 3. The molecule has 2 rings (SSSR count). The van der Waals surface area contributed by atoms with Crippen LogP contribution in [0.15, 0.2) is 22.7 Å². The van der Waals surface area contributed by atoms with Crippen molar-refractivity contribution in [1.82, 2.24) is 15.2 Å². The maximum atomic E-state index is 5.26. The van der Waals surface area contributed by atoms with Crippen LogP contribution in [0.2, 0.25) is 0 Å². The summed E-state index contributed by atoms with van der Waals surface area (Å²) in [5.41, 5.74) is 0.740. The molecule has 4 nitrogen and oxygen atoms in total. The molecule has 0 aromatic carbocycles. The molecule has 0 unspecified atom stereocenters. The first-order valence-corrected chi connectivity index (χ1v) is 4.76. The Morgan fingerprint density at radius 3 is 2.85 bits per heavy atom. The summed E-state index contributed by atoms with van der Waals surface area (Å²) in [5.74, 6) is 1.03. The van der Waals surface area contributed by atoms with Crippen molar-refractivity contribution >= 4 is 22.6 Å². The van der Waals surface area contributed by atoms with E-state index >= 15 is 0 Å². The van der Waals surface area contributed by atoms with E-state index < -0.39 is 0 Å². The maximum absolute atomic E-state index is 5.26. The molecule has 13 heavy (non-hydrogen) atoms. The van der Waals surface area contributed by atoms with E-state index in [1.807, 2.05) is 12.1 Å². The van der Waals surface area contributed by atoms with E-state index in [9.17, 15) is 0 Å². The Bertz CT molecular complexity index is 427. The Kier molecular flexibility index (Phi) is 2.26. The molecule has 2 aromatic rings. The van der Waals surface area contributed by atoms with Crippen LogP contribution in [0.4, 0.5) is 0 Å². The second kappa shape index (κ2) is 3.41. The van der Waals surface area contributed by atoms with Crippen LogP contribution < -0.4 is 0 Å². The number of rotatable bonds is 1. The number of halogens is 1. The topological polar surface area (TPSA) is 51.8 Å². The van der Waals surface area contributed by atoms with Gasteiger partial charge in [-0.25, -0.2) is 4.98 Å². The van der Waals surface area contributed by atoms with Crippen molar-refractivity contribution < 1.29 is 4.42 Å². The lowest BCUT2D eigenvalue weighted by atomic mass is 10.3. The second-order valence-electron chi connectivity index (χ2n) is 2.46. The molecule has 0 aliphatic carbocycles. The Labute approximate surface area is 88.5 Å². The van der Waals surface area contributed by atoms with Gasteiger partial charge in [-0.1, -0.05) is 0 Å². The Morgan fingerprint density at radius 1 is 1.38 bits per heavy atom. The minimum Gasteiger partial charge on any atom is -0.420 e. The quantitative estimate of drug-likeness (QED) is 0.753. The van der Waals surface area contributed by atoms with Crippen LogP contribution in [0.3, 0.4) is 0 Å². The van der Waals surface area contributed by atoms with Crippen LogP contribution in [-0.4, -0.2) is 15.2 Å². The predicted molar refractivity (Wildman–Crippen MR) is 55.0 cm³/mol. The number of aryl methyl sites for hydroxylation is 1. The van der Waals surface area contributed by atoms with Crippen molar-refractivity contribution in [3.63, 3.8) is 0 Å². The molecule has 0 radical (unpaired) electrons. The van der Waals surface area contributed by atoms with Crippen molar-refractivity contribution in [2.45, 2.75) is 6.92 Å². The van der Waals surface area contributed by atoms with Crippen LogP contribution in [0, 0.1) is 10.5 Å². The van der Waals surface area contributed by atoms with Gasteiger partial charge in [0, 0.05) is 16.7 Å². The summed E-state index contributed by atoms with van der Waals surface area (Å²) in [6.07, 6.45) is 1.71. The molecule has 0 aliphatic heterocycles. The third-order valence-electron chi connectivity index (χ3n) is 1.49. The summed E-state index contributed by atoms with van der Waals surface area (Å²) in [6, 6.07) is 3.82. The zero-order chi connectivity index (χ0) is 9.26. The highest BCUT2D eigenvalue weighted by Gasteiger charge is 2.09. The van der Waals surface area contributed by atoms with Crippen LogP contribution in [0.1, 0.15) is 5.89 Å². The van der Waals surface area contributed by atoms with Gasteiger partial charge in [-0.3, -0.25) is 0 Å². The van der Waals surface area contributed by atoms with Gasteiger partial charge in [0.15, 0.2) is 0 Å². The molecule has 5 heteroatoms. The minimum absolute atomic E-state index is 0.475. The lowest BCUT2D eigenvalue weighted by Crippen LogP contribution is -1.86. The van der Waals surface area contributed by atoms with E-state index in [4.69, 9.17) is 4.42 Å². The van der Waals surface area contributed by atoms with Crippen molar-refractivity contribution in [3.8, 4) is 11.6 Å². The number of hydrogen-bond donors (Lipinski definition) is 0. The van der Waals surface area contributed by atoms with Gasteiger partial charge in [0.2, 0.25) is 5.89 Å². The molecule has 0 atom stereocenters. The first kappa shape index (κ1) is 8.61. The van der Waals surface area contributed by atoms with E-state index in [0.29, 0.717) is 11.8 Å². The lowest BCUT2D eigenvalue weighted by molar-refractivity contribution is 0.530. The smallest absolute Gasteiger partial charge is 0.267 e. The number of pyridine rings is 1. The SMILES string of the molecule is Cc1nnc(-c2ncccc2I)o1. The average molecular weight is 287 g/mol. The van der Waals surface area contributed by atoms with E-state index in [1.54, 1.807) is 13.1 Å². The van der Waals surface area contributed by atoms with Gasteiger partial charge < -0.3 is 4.42 Å². The van der Waals surface area contributed by atoms with Crippen molar-refractivity contribution in [3.05, 3.63) is 27.8 Å². The normalized spacial score (nSPS) is 10.3. The Hall–Kier alpha value is -0.980. The summed E-state index contributed by atoms with van der Waals surface area (Å²) < 4.78 is 6.26. The highest BCUT2D eigenvalue weighted by Crippen LogP contribution is 2.20. The second-order valence-corrected chi connectivity index (χ2v) is 3.62. The fourth-order valence-corrected chi connectivity index (χ4v) is 1.51. The average Bonchev–Trinajstić information content (AvgIpc) is 2.53. The van der Waals surface area contributed by atoms with Gasteiger partial charge in [-0.15, -0.1) is 10.2 Å². The monoisotopic (exact) mass is 287 g/mol. The van der Waals surface area contributed by atoms with Gasteiger partial charge in [-0.2, -0.15) is 0 Å². The zero-order valence-corrected chi connectivity index (χ0v) is 9.02. The predicted octanol–water partition coefficient (Wildman–Crippen LogP) is 2.04. The third-order valence-corrected chi connectivity index (χ3v) is 2.36. The number of nitrogens with zero attached hydrogens (tertiary/aromatic N) is 3. The Balaban J connectivity index is 2.52. The maximum Gasteiger partial charge on any atom is 0.267 e. The minimum atomic E-state index is 0.475. The van der Waals surface area contributed by atoms with E-state index in [-0.39, 0.29) is 0 Å². The summed E-state index contributed by atoms with van der Waals surface area (Å²) in [4.78, 5) is 4.16. The summed E-state index contributed by atoms with van der Waals surface area (Å²) in [7, 11) is 0. The molecular weight excluding hydrogens is 281 g/mol. The van der Waals surface area contributed by atoms with E-state index in [1.165, 1.54) is 0 Å². The highest BCUT2D eigenvalue weighted by molar-refractivity contribution is 14.1. The van der Waals surface area contributed by atoms with Crippen molar-refractivity contribution in [1.29, 1.82) is 0 Å². The first-order chi connectivity index (χ1) is 6.27. The van der Waals surface area contributed by atoms with Gasteiger partial charge >= 0.3 is 0 Å². The summed E-state index contributed by atoms with van der Waals surface area (Å²) in [5, 5.41) is 7.64. The fourth-order valence-electron chi connectivity index (χ4n) is 0.935. The van der Waals surface area contributed by atoms with E-state index in [2.05, 4.69) is 37.8 Å². The van der Waals surface area contributed by atoms with Gasteiger partial charge in [-0.05, 0) is 34.7 Å². The number of hydrogen-bond acceptors (Lipinski definition) is 4. The van der Waals surface area contributed by atoms with Crippen LogP contribution >= 0.6 is 22.6 Å². The van der Waals surface area contributed by atoms with Gasteiger partial charge in [0.1, 0.15) is 5.69 Å². The molecule has 0 spiro atoms. The standard InChI is InChI=1S/C8H6IN3O/c1-5-11-12-8(13-5)7-6(9)3-2-4-10-7/h2-4H,1H3. The molecule has 0 N–H and O–H groups in total. The molecule has 0 saturated carbocycles. The van der Waals surface area contributed by atoms with Crippen LogP contribution in [0.5, 0.6) is 0 Å². The first-order valence-electron chi connectivity index (χ1n) is 3.68. The third kappa shape index (κ3) is 1.69. The largest absolute Gasteiger partial charge is 0.420 e. The molecule has 0 saturated heterocycles. The summed E-state index contributed by atoms with van der Waals surface area (Å²) in [6.45, 7) is 1.76. The molecule has 66 valence electrons. The summed E-state index contributed by atoms with van der Waals surface area (Å²) >= 11 is 2.18. The molecule has 0 bridgehead atoms. The molecular formula is C8H6IN3O. The highest BCUT2D eigenvalue weighted by atomic mass is 127. The Morgan fingerprint density at radius 2 is 2.23 bits per heavy atom. The lowest BCUT2D eigenvalue weighted by Gasteiger charge is -1.95. The van der Waals surface area contributed by atoms with Gasteiger partial charge in [0.25, 0.3) is 5.89 Å². The molecule has 0 amide bonds. The van der Waals surface area contributed by atoms with E-state index in [0.717, 1.165) is 9.26 Å². The molecule has 2 aromatic heterocycles. The fraction of sp³-hybridized carbons (Fsp3) is 0.125.